The number of hydrogen-bond donors (Lipinski definition) is 1. The van der Waals surface area contributed by atoms with Gasteiger partial charge in [0.1, 0.15) is 11.8 Å². The lowest BCUT2D eigenvalue weighted by Gasteiger charge is -2.03. The van der Waals surface area contributed by atoms with Gasteiger partial charge in [-0.3, -0.25) is 4.79 Å². The summed E-state index contributed by atoms with van der Waals surface area (Å²) in [6.07, 6.45) is 3.24. The summed E-state index contributed by atoms with van der Waals surface area (Å²) in [7, 11) is 0. The van der Waals surface area contributed by atoms with E-state index in [0.29, 0.717) is 38.2 Å². The van der Waals surface area contributed by atoms with Gasteiger partial charge in [0.15, 0.2) is 11.5 Å². The number of aromatic nitrogens is 5. The lowest BCUT2D eigenvalue weighted by Crippen LogP contribution is -2.25. The van der Waals surface area contributed by atoms with E-state index >= 15 is 0 Å². The monoisotopic (exact) mass is 300 g/mol. The molecule has 0 spiro atoms. The molecule has 1 N–H and O–H groups in total. The number of aryl methyl sites for hydroxylation is 1. The summed E-state index contributed by atoms with van der Waals surface area (Å²) < 4.78 is 7.19. The average molecular weight is 300 g/mol. The molecule has 2 aromatic heterocycles. The second-order valence-corrected chi connectivity index (χ2v) is 4.85. The van der Waals surface area contributed by atoms with Crippen molar-refractivity contribution in [1.29, 1.82) is 0 Å². The average Bonchev–Trinajstić information content (AvgIpc) is 3.15. The van der Waals surface area contributed by atoms with Crippen molar-refractivity contribution in [2.24, 2.45) is 0 Å². The van der Waals surface area contributed by atoms with Crippen LogP contribution in [0.1, 0.15) is 18.7 Å². The van der Waals surface area contributed by atoms with E-state index in [0.717, 1.165) is 11.1 Å². The minimum atomic E-state index is 0.00388. The number of nitrogens with one attached hydrogen (secondary N) is 1. The molecule has 2 heterocycles. The van der Waals surface area contributed by atoms with Crippen LogP contribution in [0.4, 0.5) is 0 Å². The molecule has 0 fully saturated rings. The number of benzene rings is 1. The normalized spacial score (nSPS) is 10.9. The molecule has 1 aromatic carbocycles. The fraction of sp³-hybridized carbons (Fsp3) is 0.357. The van der Waals surface area contributed by atoms with Gasteiger partial charge in [0.25, 0.3) is 0 Å². The molecule has 1 amide bonds. The van der Waals surface area contributed by atoms with Crippen LogP contribution in [-0.2, 0) is 17.8 Å². The summed E-state index contributed by atoms with van der Waals surface area (Å²) >= 11 is 0. The van der Waals surface area contributed by atoms with E-state index in [2.05, 4.69) is 25.8 Å². The Labute approximate surface area is 126 Å². The van der Waals surface area contributed by atoms with E-state index in [1.807, 2.05) is 24.3 Å². The van der Waals surface area contributed by atoms with Crippen LogP contribution in [-0.4, -0.2) is 37.6 Å². The van der Waals surface area contributed by atoms with Crippen LogP contribution in [0, 0.1) is 0 Å². The maximum absolute atomic E-state index is 11.7. The van der Waals surface area contributed by atoms with Crippen molar-refractivity contribution in [2.45, 2.75) is 25.8 Å². The number of carbonyl (C=O) groups is 1. The predicted octanol–water partition coefficient (Wildman–Crippen LogP) is 0.953. The molecule has 0 saturated heterocycles. The van der Waals surface area contributed by atoms with Gasteiger partial charge in [0.05, 0.1) is 0 Å². The Hall–Kier alpha value is -2.77. The summed E-state index contributed by atoms with van der Waals surface area (Å²) in [6, 6.07) is 7.61. The van der Waals surface area contributed by atoms with Crippen molar-refractivity contribution in [2.75, 3.05) is 6.54 Å². The summed E-state index contributed by atoms with van der Waals surface area (Å²) in [5.41, 5.74) is 1.61. The first-order valence-corrected chi connectivity index (χ1v) is 7.13. The Bertz CT molecular complexity index is 704. The topological polar surface area (TPSA) is 98.7 Å². The first kappa shape index (κ1) is 14.2. The molecule has 3 rings (SSSR count). The molecule has 22 heavy (non-hydrogen) atoms. The number of hydrogen-bond acceptors (Lipinski definition) is 6. The zero-order valence-electron chi connectivity index (χ0n) is 12.0. The minimum Gasteiger partial charge on any atom is -0.441 e. The molecule has 8 nitrogen and oxygen atoms in total. The zero-order valence-corrected chi connectivity index (χ0v) is 12.0. The third-order valence-electron chi connectivity index (χ3n) is 3.18. The molecule has 0 aliphatic rings. The van der Waals surface area contributed by atoms with Gasteiger partial charge in [0, 0.05) is 25.9 Å². The van der Waals surface area contributed by atoms with Crippen molar-refractivity contribution in [3.8, 4) is 0 Å². The van der Waals surface area contributed by atoms with Gasteiger partial charge < -0.3 is 9.73 Å². The molecule has 0 radical (unpaired) electrons. The van der Waals surface area contributed by atoms with E-state index in [9.17, 15) is 4.79 Å². The maximum Gasteiger partial charge on any atom is 0.220 e. The van der Waals surface area contributed by atoms with Gasteiger partial charge in [0.2, 0.25) is 5.91 Å². The zero-order chi connectivity index (χ0) is 15.2. The van der Waals surface area contributed by atoms with Gasteiger partial charge >= 0.3 is 0 Å². The van der Waals surface area contributed by atoms with Gasteiger partial charge in [-0.25, -0.2) is 9.67 Å². The SMILES string of the molecule is O=C(CCCn1cnnn1)NCCc1nc2ccccc2o1. The highest BCUT2D eigenvalue weighted by Gasteiger charge is 2.06. The number of para-hydroxylation sites is 2. The number of nitrogens with zero attached hydrogens (tertiary/aromatic N) is 5. The number of tetrazole rings is 1. The molecule has 0 bridgehead atoms. The summed E-state index contributed by atoms with van der Waals surface area (Å²) in [5.74, 6) is 0.638. The molecule has 0 aliphatic carbocycles. The predicted molar refractivity (Wildman–Crippen MR) is 77.8 cm³/mol. The molecule has 0 saturated carbocycles. The van der Waals surface area contributed by atoms with Gasteiger partial charge in [-0.05, 0) is 29.0 Å². The first-order chi connectivity index (χ1) is 10.8. The van der Waals surface area contributed by atoms with Crippen molar-refractivity contribution in [3.05, 3.63) is 36.5 Å². The highest BCUT2D eigenvalue weighted by atomic mass is 16.3. The first-order valence-electron chi connectivity index (χ1n) is 7.13. The van der Waals surface area contributed by atoms with E-state index in [-0.39, 0.29) is 5.91 Å². The van der Waals surface area contributed by atoms with Crippen LogP contribution >= 0.6 is 0 Å². The minimum absolute atomic E-state index is 0.00388. The molecule has 8 heteroatoms. The standard InChI is InChI=1S/C14H16N6O2/c21-13(6-3-9-20-10-16-18-19-20)15-8-7-14-17-11-4-1-2-5-12(11)22-14/h1-2,4-5,10H,3,6-9H2,(H,15,21). The Morgan fingerprint density at radius 3 is 3.05 bits per heavy atom. The Morgan fingerprint density at radius 1 is 1.32 bits per heavy atom. The van der Waals surface area contributed by atoms with Gasteiger partial charge in [-0.1, -0.05) is 12.1 Å². The van der Waals surface area contributed by atoms with Crippen molar-refractivity contribution < 1.29 is 9.21 Å². The summed E-state index contributed by atoms with van der Waals surface area (Å²) in [5, 5.41) is 13.7. The second-order valence-electron chi connectivity index (χ2n) is 4.85. The van der Waals surface area contributed by atoms with E-state index in [4.69, 9.17) is 4.42 Å². The number of oxazole rings is 1. The van der Waals surface area contributed by atoms with E-state index in [1.165, 1.54) is 6.33 Å². The van der Waals surface area contributed by atoms with E-state index < -0.39 is 0 Å². The number of fused-ring (bicyclic) bond motifs is 1. The second kappa shape index (κ2) is 6.79. The molecule has 0 atom stereocenters. The van der Waals surface area contributed by atoms with Crippen molar-refractivity contribution in [1.82, 2.24) is 30.5 Å². The highest BCUT2D eigenvalue weighted by molar-refractivity contribution is 5.75. The van der Waals surface area contributed by atoms with Crippen molar-refractivity contribution >= 4 is 17.0 Å². The quantitative estimate of drug-likeness (QED) is 0.697. The highest BCUT2D eigenvalue weighted by Crippen LogP contribution is 2.14. The summed E-state index contributed by atoms with van der Waals surface area (Å²) in [6.45, 7) is 1.14. The third kappa shape index (κ3) is 3.66. The number of carbonyl (C=O) groups excluding carboxylic acids is 1. The van der Waals surface area contributed by atoms with Crippen molar-refractivity contribution in [3.63, 3.8) is 0 Å². The lowest BCUT2D eigenvalue weighted by atomic mass is 10.3. The molecular weight excluding hydrogens is 284 g/mol. The molecule has 3 aromatic rings. The van der Waals surface area contributed by atoms with Gasteiger partial charge in [-0.15, -0.1) is 5.10 Å². The van der Waals surface area contributed by atoms with Crippen LogP contribution in [0.2, 0.25) is 0 Å². The Kier molecular flexibility index (Phi) is 4.38. The van der Waals surface area contributed by atoms with E-state index in [1.54, 1.807) is 4.68 Å². The fourth-order valence-electron chi connectivity index (χ4n) is 2.11. The smallest absolute Gasteiger partial charge is 0.220 e. The van der Waals surface area contributed by atoms with Crippen LogP contribution < -0.4 is 5.32 Å². The third-order valence-corrected chi connectivity index (χ3v) is 3.18. The number of amides is 1. The molecule has 0 aliphatic heterocycles. The molecule has 0 unspecified atom stereocenters. The summed E-state index contributed by atoms with van der Waals surface area (Å²) in [4.78, 5) is 16.1. The van der Waals surface area contributed by atoms with Crippen LogP contribution in [0.3, 0.4) is 0 Å². The molecular formula is C14H16N6O2. The lowest BCUT2D eigenvalue weighted by molar-refractivity contribution is -0.121. The number of rotatable bonds is 7. The molecule has 114 valence electrons. The van der Waals surface area contributed by atoms with Crippen LogP contribution in [0.25, 0.3) is 11.1 Å². The van der Waals surface area contributed by atoms with Gasteiger partial charge in [-0.2, -0.15) is 0 Å². The maximum atomic E-state index is 11.7. The largest absolute Gasteiger partial charge is 0.441 e. The van der Waals surface area contributed by atoms with Crippen LogP contribution in [0.15, 0.2) is 35.0 Å². The Morgan fingerprint density at radius 2 is 2.23 bits per heavy atom. The van der Waals surface area contributed by atoms with Crippen LogP contribution in [0.5, 0.6) is 0 Å². The Balaban J connectivity index is 1.38. The fourth-order valence-corrected chi connectivity index (χ4v) is 2.11.